The van der Waals surface area contributed by atoms with E-state index in [1.165, 1.54) is 5.56 Å². The van der Waals surface area contributed by atoms with Crippen LogP contribution in [0.15, 0.2) is 49.2 Å². The van der Waals surface area contributed by atoms with Crippen LogP contribution in [-0.2, 0) is 11.2 Å². The molecule has 0 aliphatic carbocycles. The van der Waals surface area contributed by atoms with Gasteiger partial charge in [0.25, 0.3) is 0 Å². The number of pyridine rings is 1. The van der Waals surface area contributed by atoms with Gasteiger partial charge in [-0.05, 0) is 36.6 Å². The molecule has 0 fully saturated rings. The largest absolute Gasteiger partial charge is 0.487 e. The van der Waals surface area contributed by atoms with Crippen LogP contribution in [0, 0.1) is 6.92 Å². The number of fused-ring (bicyclic) bond motifs is 1. The van der Waals surface area contributed by atoms with Crippen molar-refractivity contribution >= 4 is 5.91 Å². The number of aryl methyl sites for hydroxylation is 1. The summed E-state index contributed by atoms with van der Waals surface area (Å²) in [5.41, 5.74) is 4.26. The first-order valence-corrected chi connectivity index (χ1v) is 8.27. The second-order valence-corrected chi connectivity index (χ2v) is 6.04. The smallest absolute Gasteiger partial charge is 0.220 e. The van der Waals surface area contributed by atoms with E-state index in [0.29, 0.717) is 19.4 Å². The zero-order valence-electron chi connectivity index (χ0n) is 13.9. The number of allylic oxidation sites excluding steroid dienone is 1. The lowest BCUT2D eigenvalue weighted by molar-refractivity contribution is -0.121. The van der Waals surface area contributed by atoms with Crippen molar-refractivity contribution < 1.29 is 9.53 Å². The van der Waals surface area contributed by atoms with Crippen LogP contribution in [0.5, 0.6) is 5.75 Å². The zero-order chi connectivity index (χ0) is 16.9. The molecule has 1 aliphatic heterocycles. The molecule has 1 atom stereocenters. The number of nitrogens with zero attached hydrogens (tertiary/aromatic N) is 1. The van der Waals surface area contributed by atoms with E-state index >= 15 is 0 Å². The minimum Gasteiger partial charge on any atom is -0.487 e. The number of carbonyl (C=O) groups is 1. The number of ether oxygens (including phenoxy) is 1. The minimum atomic E-state index is -0.0298. The third-order valence-corrected chi connectivity index (χ3v) is 4.20. The molecule has 1 aliphatic rings. The summed E-state index contributed by atoms with van der Waals surface area (Å²) in [5, 5.41) is 2.94. The SMILES string of the molecule is C=CCCC(=O)NC[C@@H]1Cc2cccc(-c3ncccc3C)c2O1. The second-order valence-electron chi connectivity index (χ2n) is 6.04. The number of nitrogens with one attached hydrogen (secondary N) is 1. The quantitative estimate of drug-likeness (QED) is 0.829. The molecule has 2 heterocycles. The van der Waals surface area contributed by atoms with Gasteiger partial charge in [0.15, 0.2) is 0 Å². The van der Waals surface area contributed by atoms with E-state index in [4.69, 9.17) is 4.74 Å². The number of rotatable bonds is 6. The Labute approximate surface area is 142 Å². The number of aromatic nitrogens is 1. The van der Waals surface area contributed by atoms with Gasteiger partial charge in [-0.1, -0.05) is 24.3 Å². The minimum absolute atomic E-state index is 0.0298. The summed E-state index contributed by atoms with van der Waals surface area (Å²) in [7, 11) is 0. The molecule has 1 aromatic carbocycles. The van der Waals surface area contributed by atoms with Gasteiger partial charge in [0.05, 0.1) is 12.2 Å². The Kier molecular flexibility index (Phi) is 4.94. The predicted octanol–water partition coefficient (Wildman–Crippen LogP) is 3.44. The molecule has 4 nitrogen and oxygen atoms in total. The number of hydrogen-bond donors (Lipinski definition) is 1. The Hall–Kier alpha value is -2.62. The number of hydrogen-bond acceptors (Lipinski definition) is 3. The number of para-hydroxylation sites is 1. The molecule has 0 bridgehead atoms. The van der Waals surface area contributed by atoms with E-state index in [0.717, 1.165) is 29.0 Å². The molecule has 0 saturated carbocycles. The lowest BCUT2D eigenvalue weighted by Gasteiger charge is -2.14. The summed E-state index contributed by atoms with van der Waals surface area (Å²) >= 11 is 0. The topological polar surface area (TPSA) is 51.2 Å². The van der Waals surface area contributed by atoms with Crippen molar-refractivity contribution in [2.75, 3.05) is 6.54 Å². The summed E-state index contributed by atoms with van der Waals surface area (Å²) < 4.78 is 6.13. The molecule has 0 spiro atoms. The average Bonchev–Trinajstić information content (AvgIpc) is 3.02. The molecule has 4 heteroatoms. The summed E-state index contributed by atoms with van der Waals surface area (Å²) in [6, 6.07) is 10.1. The Morgan fingerprint density at radius 2 is 2.29 bits per heavy atom. The molecule has 24 heavy (non-hydrogen) atoms. The molecule has 0 unspecified atom stereocenters. The molecule has 1 N–H and O–H groups in total. The van der Waals surface area contributed by atoms with Crippen molar-refractivity contribution in [3.05, 3.63) is 60.3 Å². The highest BCUT2D eigenvalue weighted by Gasteiger charge is 2.26. The number of benzene rings is 1. The van der Waals surface area contributed by atoms with E-state index in [-0.39, 0.29) is 12.0 Å². The van der Waals surface area contributed by atoms with Crippen molar-refractivity contribution in [3.8, 4) is 17.0 Å². The van der Waals surface area contributed by atoms with Crippen LogP contribution in [-0.4, -0.2) is 23.5 Å². The zero-order valence-corrected chi connectivity index (χ0v) is 13.9. The first-order chi connectivity index (χ1) is 11.7. The first-order valence-electron chi connectivity index (χ1n) is 8.27. The molecule has 1 aromatic heterocycles. The van der Waals surface area contributed by atoms with Crippen LogP contribution >= 0.6 is 0 Å². The van der Waals surface area contributed by atoms with Crippen LogP contribution in [0.2, 0.25) is 0 Å². The fourth-order valence-corrected chi connectivity index (χ4v) is 2.96. The highest BCUT2D eigenvalue weighted by molar-refractivity contribution is 5.76. The van der Waals surface area contributed by atoms with Crippen LogP contribution < -0.4 is 10.1 Å². The summed E-state index contributed by atoms with van der Waals surface area (Å²) in [5.74, 6) is 0.930. The Bertz CT molecular complexity index is 755. The second kappa shape index (κ2) is 7.30. The van der Waals surface area contributed by atoms with Gasteiger partial charge in [-0.3, -0.25) is 9.78 Å². The van der Waals surface area contributed by atoms with Crippen molar-refractivity contribution in [3.63, 3.8) is 0 Å². The van der Waals surface area contributed by atoms with E-state index in [1.54, 1.807) is 12.3 Å². The molecular weight excluding hydrogens is 300 g/mol. The third kappa shape index (κ3) is 3.48. The highest BCUT2D eigenvalue weighted by atomic mass is 16.5. The number of carbonyl (C=O) groups excluding carboxylic acids is 1. The van der Waals surface area contributed by atoms with Crippen molar-refractivity contribution in [2.45, 2.75) is 32.3 Å². The standard InChI is InChI=1S/C20H22N2O2/c1-3-4-10-18(23)22-13-16-12-15-8-5-9-17(20(15)24-16)19-14(2)7-6-11-21-19/h3,5-9,11,16H,1,4,10,12-13H2,2H3,(H,22,23)/t16-/m0/s1. The fourth-order valence-electron chi connectivity index (χ4n) is 2.96. The summed E-state index contributed by atoms with van der Waals surface area (Å²) in [6.07, 6.45) is 5.49. The van der Waals surface area contributed by atoms with Gasteiger partial charge in [0.2, 0.25) is 5.91 Å². The van der Waals surface area contributed by atoms with Crippen LogP contribution in [0.4, 0.5) is 0 Å². The van der Waals surface area contributed by atoms with Gasteiger partial charge >= 0.3 is 0 Å². The van der Waals surface area contributed by atoms with Crippen molar-refractivity contribution in [1.29, 1.82) is 0 Å². The fraction of sp³-hybridized carbons (Fsp3) is 0.300. The van der Waals surface area contributed by atoms with Crippen LogP contribution in [0.3, 0.4) is 0 Å². The maximum Gasteiger partial charge on any atom is 0.220 e. The Morgan fingerprint density at radius 3 is 3.08 bits per heavy atom. The van der Waals surface area contributed by atoms with Gasteiger partial charge in [0.1, 0.15) is 11.9 Å². The van der Waals surface area contributed by atoms with Gasteiger partial charge in [-0.2, -0.15) is 0 Å². The van der Waals surface area contributed by atoms with E-state index < -0.39 is 0 Å². The number of amides is 1. The van der Waals surface area contributed by atoms with Crippen LogP contribution in [0.1, 0.15) is 24.0 Å². The molecule has 3 rings (SSSR count). The van der Waals surface area contributed by atoms with Gasteiger partial charge in [0, 0.05) is 24.6 Å². The third-order valence-electron chi connectivity index (χ3n) is 4.20. The molecule has 1 amide bonds. The highest BCUT2D eigenvalue weighted by Crippen LogP contribution is 2.38. The molecular formula is C20H22N2O2. The molecule has 2 aromatic rings. The van der Waals surface area contributed by atoms with Gasteiger partial charge in [-0.15, -0.1) is 6.58 Å². The lowest BCUT2D eigenvalue weighted by atomic mass is 10.0. The van der Waals surface area contributed by atoms with Crippen molar-refractivity contribution in [2.24, 2.45) is 0 Å². The van der Waals surface area contributed by atoms with Gasteiger partial charge in [-0.25, -0.2) is 0 Å². The normalized spacial score (nSPS) is 15.5. The monoisotopic (exact) mass is 322 g/mol. The Morgan fingerprint density at radius 1 is 1.42 bits per heavy atom. The van der Waals surface area contributed by atoms with Crippen molar-refractivity contribution in [1.82, 2.24) is 10.3 Å². The molecule has 0 saturated heterocycles. The van der Waals surface area contributed by atoms with E-state index in [2.05, 4.69) is 22.9 Å². The molecule has 0 radical (unpaired) electrons. The molecule has 124 valence electrons. The lowest BCUT2D eigenvalue weighted by Crippen LogP contribution is -2.34. The average molecular weight is 322 g/mol. The maximum absolute atomic E-state index is 11.7. The van der Waals surface area contributed by atoms with Crippen LogP contribution in [0.25, 0.3) is 11.3 Å². The first kappa shape index (κ1) is 16.2. The van der Waals surface area contributed by atoms with Gasteiger partial charge < -0.3 is 10.1 Å². The predicted molar refractivity (Wildman–Crippen MR) is 95.0 cm³/mol. The Balaban J connectivity index is 1.72. The van der Waals surface area contributed by atoms with E-state index in [1.807, 2.05) is 31.2 Å². The maximum atomic E-state index is 11.7. The summed E-state index contributed by atoms with van der Waals surface area (Å²) in [4.78, 5) is 16.2. The summed E-state index contributed by atoms with van der Waals surface area (Å²) in [6.45, 7) is 6.20. The van der Waals surface area contributed by atoms with E-state index in [9.17, 15) is 4.79 Å².